The van der Waals surface area contributed by atoms with Gasteiger partial charge in [0.15, 0.2) is 0 Å². The molecule has 0 radical (unpaired) electrons. The molecule has 0 amide bonds. The highest BCUT2D eigenvalue weighted by Crippen LogP contribution is 2.23. The molecule has 1 unspecified atom stereocenters. The molecule has 7 nitrogen and oxygen atoms in total. The number of carboxylic acids is 1. The molecule has 7 heteroatoms. The zero-order valence-corrected chi connectivity index (χ0v) is 11.5. The highest BCUT2D eigenvalue weighted by atomic mass is 16.6. The van der Waals surface area contributed by atoms with E-state index in [0.717, 1.165) is 0 Å². The van der Waals surface area contributed by atoms with Gasteiger partial charge in [-0.2, -0.15) is 0 Å². The van der Waals surface area contributed by atoms with Crippen LogP contribution < -0.4 is 10.1 Å². The molecule has 0 spiro atoms. The third-order valence-corrected chi connectivity index (χ3v) is 2.78. The zero-order chi connectivity index (χ0) is 15.1. The monoisotopic (exact) mass is 282 g/mol. The smallest absolute Gasteiger partial charge is 0.320 e. The van der Waals surface area contributed by atoms with Gasteiger partial charge in [0, 0.05) is 18.6 Å². The van der Waals surface area contributed by atoms with Crippen molar-refractivity contribution in [3.05, 3.63) is 33.9 Å². The van der Waals surface area contributed by atoms with Crippen LogP contribution in [0.1, 0.15) is 18.9 Å². The third kappa shape index (κ3) is 4.51. The third-order valence-electron chi connectivity index (χ3n) is 2.78. The van der Waals surface area contributed by atoms with Gasteiger partial charge in [-0.1, -0.05) is 6.92 Å². The lowest BCUT2D eigenvalue weighted by Gasteiger charge is -2.14. The molecule has 1 aromatic rings. The van der Waals surface area contributed by atoms with Gasteiger partial charge in [-0.15, -0.1) is 0 Å². The number of aliphatic carboxylic acids is 1. The van der Waals surface area contributed by atoms with Gasteiger partial charge in [0.05, 0.1) is 11.5 Å². The molecule has 0 aliphatic rings. The van der Waals surface area contributed by atoms with Crippen molar-refractivity contribution in [2.24, 2.45) is 0 Å². The van der Waals surface area contributed by atoms with Crippen molar-refractivity contribution in [2.45, 2.75) is 26.3 Å². The number of aryl methyl sites for hydroxylation is 1. The summed E-state index contributed by atoms with van der Waals surface area (Å²) in [6.07, 6.45) is 0.319. The lowest BCUT2D eigenvalue weighted by Crippen LogP contribution is -2.37. The van der Waals surface area contributed by atoms with E-state index in [1.807, 2.05) is 6.92 Å². The van der Waals surface area contributed by atoms with Crippen molar-refractivity contribution in [3.63, 3.8) is 0 Å². The second-order valence-electron chi connectivity index (χ2n) is 4.29. The molecule has 110 valence electrons. The van der Waals surface area contributed by atoms with Crippen LogP contribution in [-0.4, -0.2) is 35.2 Å². The van der Waals surface area contributed by atoms with Gasteiger partial charge in [0.2, 0.25) is 0 Å². The summed E-state index contributed by atoms with van der Waals surface area (Å²) in [5, 5.41) is 22.4. The Morgan fingerprint density at radius 2 is 2.25 bits per heavy atom. The van der Waals surface area contributed by atoms with Crippen molar-refractivity contribution >= 4 is 11.7 Å². The van der Waals surface area contributed by atoms with Crippen molar-refractivity contribution in [1.29, 1.82) is 0 Å². The second kappa shape index (κ2) is 7.44. The summed E-state index contributed by atoms with van der Waals surface area (Å²) in [5.74, 6) is -0.396. The number of nitro groups is 1. The molecule has 0 aromatic heterocycles. The molecule has 0 aliphatic heterocycles. The average Bonchev–Trinajstić information content (AvgIpc) is 2.39. The number of nitro benzene ring substituents is 1. The van der Waals surface area contributed by atoms with Crippen LogP contribution in [0.3, 0.4) is 0 Å². The van der Waals surface area contributed by atoms with Gasteiger partial charge in [0.1, 0.15) is 11.8 Å². The Bertz CT molecular complexity index is 490. The molecule has 1 atom stereocenters. The summed E-state index contributed by atoms with van der Waals surface area (Å²) < 4.78 is 5.47. The standard InChI is InChI=1S/C13H18N2O5/c1-3-14-11(13(16)17)6-7-20-12-5-4-10(15(18)19)8-9(12)2/h4-5,8,11,14H,3,6-7H2,1-2H3,(H,16,17). The Hall–Kier alpha value is -2.15. The molecule has 2 N–H and O–H groups in total. The van der Waals surface area contributed by atoms with Gasteiger partial charge >= 0.3 is 5.97 Å². The SMILES string of the molecule is CCNC(CCOc1ccc([N+](=O)[O-])cc1C)C(=O)O. The van der Waals surface area contributed by atoms with E-state index >= 15 is 0 Å². The highest BCUT2D eigenvalue weighted by Gasteiger charge is 2.16. The maximum atomic E-state index is 10.9. The molecule has 0 fully saturated rings. The minimum absolute atomic E-state index is 0.00547. The molecule has 0 bridgehead atoms. The fourth-order valence-electron chi connectivity index (χ4n) is 1.76. The number of carboxylic acid groups (broad SMARTS) is 1. The van der Waals surface area contributed by atoms with E-state index in [1.54, 1.807) is 6.92 Å². The van der Waals surface area contributed by atoms with E-state index in [9.17, 15) is 14.9 Å². The van der Waals surface area contributed by atoms with Crippen LogP contribution in [0.5, 0.6) is 5.75 Å². The minimum Gasteiger partial charge on any atom is -0.493 e. The lowest BCUT2D eigenvalue weighted by molar-refractivity contribution is -0.384. The first-order valence-corrected chi connectivity index (χ1v) is 6.29. The number of carbonyl (C=O) groups is 1. The number of nitrogens with one attached hydrogen (secondary N) is 1. The number of benzene rings is 1. The van der Waals surface area contributed by atoms with E-state index in [1.165, 1.54) is 18.2 Å². The molecule has 0 aliphatic carbocycles. The topological polar surface area (TPSA) is 102 Å². The summed E-state index contributed by atoms with van der Waals surface area (Å²) >= 11 is 0. The number of non-ortho nitro benzene ring substituents is 1. The molecule has 1 aromatic carbocycles. The van der Waals surface area contributed by atoms with Crippen LogP contribution >= 0.6 is 0 Å². The molecular weight excluding hydrogens is 264 g/mol. The van der Waals surface area contributed by atoms with Crippen molar-refractivity contribution < 1.29 is 19.6 Å². The fraction of sp³-hybridized carbons (Fsp3) is 0.462. The fourth-order valence-corrected chi connectivity index (χ4v) is 1.76. The first-order valence-electron chi connectivity index (χ1n) is 6.29. The molecule has 1 rings (SSSR count). The Labute approximate surface area is 116 Å². The summed E-state index contributed by atoms with van der Waals surface area (Å²) in [6.45, 7) is 4.33. The highest BCUT2D eigenvalue weighted by molar-refractivity contribution is 5.73. The molecular formula is C13H18N2O5. The Balaban J connectivity index is 2.57. The van der Waals surface area contributed by atoms with E-state index in [2.05, 4.69) is 5.32 Å². The predicted molar refractivity (Wildman–Crippen MR) is 73.0 cm³/mol. The quantitative estimate of drug-likeness (QED) is 0.556. The van der Waals surface area contributed by atoms with Gasteiger partial charge in [-0.25, -0.2) is 0 Å². The predicted octanol–water partition coefficient (Wildman–Crippen LogP) is 1.73. The Morgan fingerprint density at radius 1 is 1.55 bits per heavy atom. The molecule has 0 saturated carbocycles. The number of ether oxygens (including phenoxy) is 1. The number of hydrogen-bond acceptors (Lipinski definition) is 5. The van der Waals surface area contributed by atoms with E-state index in [4.69, 9.17) is 9.84 Å². The summed E-state index contributed by atoms with van der Waals surface area (Å²) in [4.78, 5) is 21.1. The van der Waals surface area contributed by atoms with Gasteiger partial charge in [-0.05, 0) is 25.1 Å². The van der Waals surface area contributed by atoms with Gasteiger partial charge in [-0.3, -0.25) is 14.9 Å². The summed E-state index contributed by atoms with van der Waals surface area (Å²) in [7, 11) is 0. The van der Waals surface area contributed by atoms with Crippen molar-refractivity contribution in [3.8, 4) is 5.75 Å². The first kappa shape index (κ1) is 15.9. The van der Waals surface area contributed by atoms with Gasteiger partial charge in [0.25, 0.3) is 5.69 Å². The molecule has 0 heterocycles. The molecule has 0 saturated heterocycles. The van der Waals surface area contributed by atoms with Crippen LogP contribution in [0, 0.1) is 17.0 Å². The normalized spacial score (nSPS) is 11.9. The number of rotatable bonds is 8. The number of likely N-dealkylation sites (N-methyl/N-ethyl adjacent to an activating group) is 1. The van der Waals surface area contributed by atoms with Crippen LogP contribution in [0.4, 0.5) is 5.69 Å². The summed E-state index contributed by atoms with van der Waals surface area (Å²) in [5.41, 5.74) is 0.653. The van der Waals surface area contributed by atoms with Crippen LogP contribution in [0.25, 0.3) is 0 Å². The van der Waals surface area contributed by atoms with Crippen molar-refractivity contribution in [1.82, 2.24) is 5.32 Å². The maximum Gasteiger partial charge on any atom is 0.320 e. The lowest BCUT2D eigenvalue weighted by atomic mass is 10.2. The zero-order valence-electron chi connectivity index (χ0n) is 11.5. The van der Waals surface area contributed by atoms with Crippen LogP contribution in [-0.2, 0) is 4.79 Å². The molecule has 20 heavy (non-hydrogen) atoms. The van der Waals surface area contributed by atoms with Crippen LogP contribution in [0.2, 0.25) is 0 Å². The minimum atomic E-state index is -0.920. The first-order chi connectivity index (χ1) is 9.45. The van der Waals surface area contributed by atoms with E-state index in [0.29, 0.717) is 24.3 Å². The largest absolute Gasteiger partial charge is 0.493 e. The maximum absolute atomic E-state index is 10.9. The Kier molecular flexibility index (Phi) is 5.92. The number of hydrogen-bond donors (Lipinski definition) is 2. The van der Waals surface area contributed by atoms with E-state index < -0.39 is 16.9 Å². The second-order valence-corrected chi connectivity index (χ2v) is 4.29. The summed E-state index contributed by atoms with van der Waals surface area (Å²) in [6, 6.07) is 3.66. The van der Waals surface area contributed by atoms with E-state index in [-0.39, 0.29) is 12.3 Å². The average molecular weight is 282 g/mol. The van der Waals surface area contributed by atoms with Crippen molar-refractivity contribution in [2.75, 3.05) is 13.2 Å². The Morgan fingerprint density at radius 3 is 2.75 bits per heavy atom. The van der Waals surface area contributed by atoms with Gasteiger partial charge < -0.3 is 15.2 Å². The number of nitrogens with zero attached hydrogens (tertiary/aromatic N) is 1. The van der Waals surface area contributed by atoms with Crippen LogP contribution in [0.15, 0.2) is 18.2 Å².